The molecular weight excluding hydrogens is 131 g/mol. The smallest absolute Gasteiger partial charge is 0.256 e. The molecule has 0 nitrogen and oxygen atoms in total. The maximum absolute atomic E-state index is 2.39. The maximum atomic E-state index is 2.39. The number of unbranched alkanes of at least 4 members (excludes halogenated alkanes) is 1. The summed E-state index contributed by atoms with van der Waals surface area (Å²) in [4.78, 5) is 0. The Balaban J connectivity index is 2.72. The highest BCUT2D eigenvalue weighted by Crippen LogP contribution is 2.07. The molecule has 2 heteroatoms. The fraction of sp³-hybridized carbons (Fsp3) is 1.00. The van der Waals surface area contributed by atoms with Crippen LogP contribution in [-0.4, -0.2) is 18.8 Å². The number of hydrogen-bond donors (Lipinski definition) is 0. The van der Waals surface area contributed by atoms with E-state index in [1.54, 1.807) is 0 Å². The van der Waals surface area contributed by atoms with Gasteiger partial charge in [-0.05, 0) is 12.2 Å². The van der Waals surface area contributed by atoms with Gasteiger partial charge in [0.15, 0.2) is 0 Å². The quantitative estimate of drug-likeness (QED) is 0.434. The molecule has 0 heterocycles. The van der Waals surface area contributed by atoms with E-state index in [0.29, 0.717) is 0 Å². The van der Waals surface area contributed by atoms with Crippen molar-refractivity contribution in [3.05, 3.63) is 0 Å². The van der Waals surface area contributed by atoms with Gasteiger partial charge in [0.2, 0.25) is 0 Å². The van der Waals surface area contributed by atoms with E-state index in [9.17, 15) is 0 Å². The monoisotopic (exact) mass is 146 g/mol. The van der Waals surface area contributed by atoms with Gasteiger partial charge in [-0.25, -0.2) is 0 Å². The predicted molar refractivity (Wildman–Crippen MR) is 44.8 cm³/mol. The van der Waals surface area contributed by atoms with Gasteiger partial charge in [-0.15, -0.1) is 0 Å². The lowest BCUT2D eigenvalue weighted by Crippen LogP contribution is -1.93. The first-order valence-electron chi connectivity index (χ1n) is 3.39. The second kappa shape index (κ2) is 6.01. The highest BCUT2D eigenvalue weighted by molar-refractivity contribution is 8.25. The lowest BCUT2D eigenvalue weighted by molar-refractivity contribution is 0.898. The van der Waals surface area contributed by atoms with Crippen molar-refractivity contribution in [2.45, 2.75) is 31.3 Å². The van der Waals surface area contributed by atoms with Crippen LogP contribution in [0.4, 0.5) is 0 Å². The first-order chi connectivity index (χ1) is 3.77. The SMILES string of the molecule is CCCC[S][Al]([CH3])[CH3]. The largest absolute Gasteiger partial charge is 0.342 e. The summed E-state index contributed by atoms with van der Waals surface area (Å²) >= 11 is -0.285. The molecule has 0 aromatic carbocycles. The molecule has 0 N–H and O–H groups in total. The molecule has 0 atom stereocenters. The Bertz CT molecular complexity index is 45.8. The molecule has 0 aliphatic carbocycles. The van der Waals surface area contributed by atoms with Crippen molar-refractivity contribution in [3.63, 3.8) is 0 Å². The minimum absolute atomic E-state index is 0.285. The zero-order chi connectivity index (χ0) is 6.41. The van der Waals surface area contributed by atoms with Crippen molar-refractivity contribution in [2.75, 3.05) is 5.75 Å². The third kappa shape index (κ3) is 6.88. The van der Waals surface area contributed by atoms with E-state index < -0.39 is 0 Å². The van der Waals surface area contributed by atoms with Crippen LogP contribution in [0.3, 0.4) is 0 Å². The summed E-state index contributed by atoms with van der Waals surface area (Å²) in [6.45, 7) is 2.25. The summed E-state index contributed by atoms with van der Waals surface area (Å²) in [6.07, 6.45) is 2.77. The maximum Gasteiger partial charge on any atom is 0.342 e. The third-order valence-electron chi connectivity index (χ3n) is 0.949. The summed E-state index contributed by atoms with van der Waals surface area (Å²) in [5.74, 6) is 6.18. The Morgan fingerprint density at radius 1 is 1.38 bits per heavy atom. The fourth-order valence-electron chi connectivity index (χ4n) is 0.463. The molecule has 0 aliphatic heterocycles. The Hall–Kier alpha value is 0.882. The molecule has 0 unspecified atom stereocenters. The van der Waals surface area contributed by atoms with Gasteiger partial charge in [0.25, 0.3) is 0 Å². The third-order valence-corrected chi connectivity index (χ3v) is 4.85. The highest BCUT2D eigenvalue weighted by Gasteiger charge is 1.99. The minimum atomic E-state index is -0.285. The number of rotatable bonds is 4. The van der Waals surface area contributed by atoms with Gasteiger partial charge >= 0.3 is 13.0 Å². The Morgan fingerprint density at radius 2 is 2.00 bits per heavy atom. The summed E-state index contributed by atoms with van der Waals surface area (Å²) in [7, 11) is 2.19. The molecule has 0 spiro atoms. The highest BCUT2D eigenvalue weighted by atomic mass is 32.3. The van der Waals surface area contributed by atoms with Crippen molar-refractivity contribution in [1.29, 1.82) is 0 Å². The molecular formula is C6H15AlS. The van der Waals surface area contributed by atoms with Crippen LogP contribution < -0.4 is 0 Å². The van der Waals surface area contributed by atoms with Crippen LogP contribution in [0.5, 0.6) is 0 Å². The predicted octanol–water partition coefficient (Wildman–Crippen LogP) is 2.77. The topological polar surface area (TPSA) is 0 Å². The van der Waals surface area contributed by atoms with Gasteiger partial charge in [-0.3, -0.25) is 10.1 Å². The van der Waals surface area contributed by atoms with Crippen LogP contribution >= 0.6 is 10.1 Å². The van der Waals surface area contributed by atoms with Crippen molar-refractivity contribution in [2.24, 2.45) is 0 Å². The van der Waals surface area contributed by atoms with E-state index in [1.165, 1.54) is 18.6 Å². The Kier molecular flexibility index (Phi) is 6.67. The molecule has 0 fully saturated rings. The van der Waals surface area contributed by atoms with Gasteiger partial charge in [-0.2, -0.15) is 0 Å². The van der Waals surface area contributed by atoms with Crippen molar-refractivity contribution in [3.8, 4) is 0 Å². The van der Waals surface area contributed by atoms with Crippen molar-refractivity contribution < 1.29 is 0 Å². The molecule has 0 aliphatic rings. The van der Waals surface area contributed by atoms with Crippen molar-refractivity contribution >= 4 is 23.1 Å². The second-order valence-corrected chi connectivity index (χ2v) is 8.94. The van der Waals surface area contributed by atoms with Crippen LogP contribution in [0, 0.1) is 0 Å². The normalized spacial score (nSPS) is 9.38. The summed E-state index contributed by atoms with van der Waals surface area (Å²) in [5, 5.41) is 0. The van der Waals surface area contributed by atoms with E-state index in [-0.39, 0.29) is 13.0 Å². The summed E-state index contributed by atoms with van der Waals surface area (Å²) in [6, 6.07) is 0. The fourth-order valence-corrected chi connectivity index (χ4v) is 3.30. The standard InChI is InChI=1S/C4H10S.2CH3.Al/c1-2-3-4-5;;;/h5H,2-4H2,1H3;2*1H3;/q;;;+1/p-1. The van der Waals surface area contributed by atoms with Crippen LogP contribution in [-0.2, 0) is 0 Å². The zero-order valence-corrected chi connectivity index (χ0v) is 8.08. The molecule has 0 bridgehead atoms. The number of hydrogen-bond acceptors (Lipinski definition) is 1. The average Bonchev–Trinajstić information content (AvgIpc) is 1.66. The molecule has 0 aromatic rings. The average molecular weight is 146 g/mol. The van der Waals surface area contributed by atoms with Crippen LogP contribution in [0.15, 0.2) is 0 Å². The van der Waals surface area contributed by atoms with Crippen molar-refractivity contribution in [1.82, 2.24) is 0 Å². The van der Waals surface area contributed by atoms with E-state index in [1.807, 2.05) is 0 Å². The van der Waals surface area contributed by atoms with Crippen LogP contribution in [0.1, 0.15) is 19.8 Å². The first-order valence-corrected chi connectivity index (χ1v) is 8.16. The van der Waals surface area contributed by atoms with Crippen LogP contribution in [0.2, 0.25) is 11.6 Å². The van der Waals surface area contributed by atoms with E-state index in [4.69, 9.17) is 0 Å². The molecule has 0 amide bonds. The second-order valence-electron chi connectivity index (χ2n) is 2.27. The van der Waals surface area contributed by atoms with Gasteiger partial charge in [-0.1, -0.05) is 24.9 Å². The Labute approximate surface area is 60.5 Å². The first kappa shape index (κ1) is 8.88. The van der Waals surface area contributed by atoms with Gasteiger partial charge in [0.05, 0.1) is 0 Å². The Morgan fingerprint density at radius 3 is 2.38 bits per heavy atom. The molecule has 0 radical (unpaired) electrons. The summed E-state index contributed by atoms with van der Waals surface area (Å²) in [5.41, 5.74) is 0. The van der Waals surface area contributed by atoms with Gasteiger partial charge in [0.1, 0.15) is 0 Å². The van der Waals surface area contributed by atoms with Gasteiger partial charge < -0.3 is 0 Å². The van der Waals surface area contributed by atoms with E-state index in [0.717, 1.165) is 0 Å². The van der Waals surface area contributed by atoms with E-state index >= 15 is 0 Å². The molecule has 8 heavy (non-hydrogen) atoms. The lowest BCUT2D eigenvalue weighted by Gasteiger charge is -1.97. The lowest BCUT2D eigenvalue weighted by atomic mass is 10.4. The molecule has 0 rings (SSSR count). The molecule has 0 saturated heterocycles. The van der Waals surface area contributed by atoms with Gasteiger partial charge in [0, 0.05) is 0 Å². The molecule has 48 valence electrons. The molecule has 0 aromatic heterocycles. The minimum Gasteiger partial charge on any atom is -0.256 e. The van der Waals surface area contributed by atoms with Crippen LogP contribution in [0.25, 0.3) is 0 Å². The molecule has 0 saturated carbocycles. The summed E-state index contributed by atoms with van der Waals surface area (Å²) < 4.78 is 0. The van der Waals surface area contributed by atoms with E-state index in [2.05, 4.69) is 28.6 Å². The zero-order valence-electron chi connectivity index (χ0n) is 6.11.